The summed E-state index contributed by atoms with van der Waals surface area (Å²) in [5.41, 5.74) is 1.52. The Balaban J connectivity index is 1.48. The van der Waals surface area contributed by atoms with Crippen LogP contribution in [-0.4, -0.2) is 43.8 Å². The standard InChI is InChI=1S/C28H30N6O3/c1-2-23(35)12-4-3-5-14-25(28(37)30-22-17-16-20-10-6-7-11-21(20)18-22)31-27(36)24-13-8-9-15-26(24)34-19-29-32-33-34/h6-11,13,15-19,25H,2-5,12,14H2,1H3,(H,30,37)(H,31,36)/t25-/m0/s1. The molecule has 1 atom stereocenters. The zero-order valence-corrected chi connectivity index (χ0v) is 20.8. The predicted molar refractivity (Wildman–Crippen MR) is 141 cm³/mol. The number of fused-ring (bicyclic) bond motifs is 1. The average molecular weight is 499 g/mol. The minimum absolute atomic E-state index is 0.234. The van der Waals surface area contributed by atoms with E-state index in [4.69, 9.17) is 0 Å². The summed E-state index contributed by atoms with van der Waals surface area (Å²) >= 11 is 0. The van der Waals surface area contributed by atoms with Gasteiger partial charge in [-0.15, -0.1) is 5.10 Å². The fourth-order valence-corrected chi connectivity index (χ4v) is 4.16. The third-order valence-corrected chi connectivity index (χ3v) is 6.23. The van der Waals surface area contributed by atoms with Gasteiger partial charge in [0.2, 0.25) is 5.91 Å². The lowest BCUT2D eigenvalue weighted by molar-refractivity contribution is -0.119. The summed E-state index contributed by atoms with van der Waals surface area (Å²) in [4.78, 5) is 38.2. The highest BCUT2D eigenvalue weighted by Gasteiger charge is 2.23. The molecule has 0 fully saturated rings. The Morgan fingerprint density at radius 2 is 1.70 bits per heavy atom. The van der Waals surface area contributed by atoms with E-state index in [1.165, 1.54) is 11.0 Å². The van der Waals surface area contributed by atoms with Gasteiger partial charge < -0.3 is 10.6 Å². The highest BCUT2D eigenvalue weighted by atomic mass is 16.2. The summed E-state index contributed by atoms with van der Waals surface area (Å²) < 4.78 is 1.41. The molecule has 1 heterocycles. The van der Waals surface area contributed by atoms with Crippen LogP contribution in [0.25, 0.3) is 16.5 Å². The molecule has 2 amide bonds. The second kappa shape index (κ2) is 12.5. The lowest BCUT2D eigenvalue weighted by atomic mass is 10.0. The van der Waals surface area contributed by atoms with Crippen LogP contribution < -0.4 is 10.6 Å². The maximum atomic E-state index is 13.3. The number of aromatic nitrogens is 4. The molecule has 0 bridgehead atoms. The first-order valence-corrected chi connectivity index (χ1v) is 12.5. The molecule has 4 aromatic rings. The summed E-state index contributed by atoms with van der Waals surface area (Å²) in [7, 11) is 0. The van der Waals surface area contributed by atoms with Crippen LogP contribution >= 0.6 is 0 Å². The molecule has 9 heteroatoms. The van der Waals surface area contributed by atoms with Gasteiger partial charge in [0.05, 0.1) is 11.3 Å². The van der Waals surface area contributed by atoms with E-state index in [9.17, 15) is 14.4 Å². The highest BCUT2D eigenvalue weighted by molar-refractivity contribution is 6.03. The number of carbonyl (C=O) groups excluding carboxylic acids is 3. The van der Waals surface area contributed by atoms with E-state index in [0.717, 1.165) is 23.6 Å². The topological polar surface area (TPSA) is 119 Å². The number of hydrogen-bond acceptors (Lipinski definition) is 6. The first kappa shape index (κ1) is 25.7. The number of carbonyl (C=O) groups is 3. The molecule has 0 spiro atoms. The number of amides is 2. The molecule has 0 unspecified atom stereocenters. The maximum Gasteiger partial charge on any atom is 0.254 e. The van der Waals surface area contributed by atoms with Crippen molar-refractivity contribution >= 4 is 34.1 Å². The van der Waals surface area contributed by atoms with Gasteiger partial charge in [0.1, 0.15) is 18.2 Å². The van der Waals surface area contributed by atoms with Crippen LogP contribution in [-0.2, 0) is 9.59 Å². The zero-order chi connectivity index (χ0) is 26.0. The number of rotatable bonds is 12. The Hall–Kier alpha value is -4.40. The molecule has 3 aromatic carbocycles. The molecule has 37 heavy (non-hydrogen) atoms. The number of para-hydroxylation sites is 1. The number of unbranched alkanes of at least 4 members (excludes halogenated alkanes) is 2. The summed E-state index contributed by atoms with van der Waals surface area (Å²) in [6.45, 7) is 1.86. The third kappa shape index (κ3) is 6.84. The Bertz CT molecular complexity index is 1370. The van der Waals surface area contributed by atoms with Gasteiger partial charge in [-0.2, -0.15) is 4.68 Å². The van der Waals surface area contributed by atoms with Crippen molar-refractivity contribution in [3.63, 3.8) is 0 Å². The van der Waals surface area contributed by atoms with Crippen molar-refractivity contribution in [3.05, 3.63) is 78.6 Å². The van der Waals surface area contributed by atoms with E-state index >= 15 is 0 Å². The smallest absolute Gasteiger partial charge is 0.254 e. The second-order valence-electron chi connectivity index (χ2n) is 8.84. The first-order chi connectivity index (χ1) is 18.0. The summed E-state index contributed by atoms with van der Waals surface area (Å²) in [5, 5.41) is 19.1. The molecule has 0 aliphatic heterocycles. The van der Waals surface area contributed by atoms with Crippen LogP contribution in [0.3, 0.4) is 0 Å². The predicted octanol–water partition coefficient (Wildman–Crippen LogP) is 4.48. The largest absolute Gasteiger partial charge is 0.340 e. The van der Waals surface area contributed by atoms with Crippen LogP contribution in [0.2, 0.25) is 0 Å². The van der Waals surface area contributed by atoms with E-state index < -0.39 is 11.9 Å². The number of benzene rings is 3. The Morgan fingerprint density at radius 3 is 2.49 bits per heavy atom. The van der Waals surface area contributed by atoms with Gasteiger partial charge in [-0.1, -0.05) is 62.2 Å². The van der Waals surface area contributed by atoms with E-state index in [-0.39, 0.29) is 11.7 Å². The lowest BCUT2D eigenvalue weighted by Gasteiger charge is -2.19. The monoisotopic (exact) mass is 498 g/mol. The average Bonchev–Trinajstić information content (AvgIpc) is 3.47. The summed E-state index contributed by atoms with van der Waals surface area (Å²) in [6.07, 6.45) is 5.18. The molecule has 0 aliphatic carbocycles. The quantitative estimate of drug-likeness (QED) is 0.278. The fraction of sp³-hybridized carbons (Fsp3) is 0.286. The Kier molecular flexibility index (Phi) is 8.70. The molecule has 1 aromatic heterocycles. The molecule has 2 N–H and O–H groups in total. The van der Waals surface area contributed by atoms with Gasteiger partial charge in [-0.25, -0.2) is 0 Å². The van der Waals surface area contributed by atoms with Crippen LogP contribution in [0, 0.1) is 0 Å². The first-order valence-electron chi connectivity index (χ1n) is 12.5. The number of ketones is 1. The summed E-state index contributed by atoms with van der Waals surface area (Å²) in [5.74, 6) is -0.461. The summed E-state index contributed by atoms with van der Waals surface area (Å²) in [6, 6.07) is 19.8. The highest BCUT2D eigenvalue weighted by Crippen LogP contribution is 2.20. The van der Waals surface area contributed by atoms with Crippen molar-refractivity contribution in [2.75, 3.05) is 5.32 Å². The minimum atomic E-state index is -0.761. The number of nitrogens with one attached hydrogen (secondary N) is 2. The molecule has 190 valence electrons. The number of hydrogen-bond donors (Lipinski definition) is 2. The number of tetrazole rings is 1. The van der Waals surface area contributed by atoms with E-state index in [1.807, 2.05) is 49.4 Å². The minimum Gasteiger partial charge on any atom is -0.340 e. The second-order valence-corrected chi connectivity index (χ2v) is 8.84. The van der Waals surface area contributed by atoms with Crippen LogP contribution in [0.1, 0.15) is 55.8 Å². The van der Waals surface area contributed by atoms with Gasteiger partial charge in [-0.05, 0) is 58.3 Å². The van der Waals surface area contributed by atoms with E-state index in [1.54, 1.807) is 24.3 Å². The maximum absolute atomic E-state index is 13.3. The van der Waals surface area contributed by atoms with E-state index in [0.29, 0.717) is 42.6 Å². The van der Waals surface area contributed by atoms with Crippen LogP contribution in [0.5, 0.6) is 0 Å². The van der Waals surface area contributed by atoms with Crippen molar-refractivity contribution in [1.82, 2.24) is 25.5 Å². The van der Waals surface area contributed by atoms with Crippen molar-refractivity contribution in [1.29, 1.82) is 0 Å². The molecular weight excluding hydrogens is 468 g/mol. The SMILES string of the molecule is CCC(=O)CCCCC[C@H](NC(=O)c1ccccc1-n1cnnn1)C(=O)Nc1ccc2ccccc2c1. The van der Waals surface area contributed by atoms with Crippen LogP contribution in [0.4, 0.5) is 5.69 Å². The lowest BCUT2D eigenvalue weighted by Crippen LogP contribution is -2.44. The van der Waals surface area contributed by atoms with Gasteiger partial charge in [-0.3, -0.25) is 14.4 Å². The van der Waals surface area contributed by atoms with Gasteiger partial charge in [0.15, 0.2) is 0 Å². The molecule has 0 radical (unpaired) electrons. The molecule has 0 aliphatic rings. The molecule has 9 nitrogen and oxygen atoms in total. The van der Waals surface area contributed by atoms with Gasteiger partial charge in [0, 0.05) is 18.5 Å². The number of nitrogens with zero attached hydrogens (tertiary/aromatic N) is 4. The van der Waals surface area contributed by atoms with Crippen molar-refractivity contribution in [2.24, 2.45) is 0 Å². The van der Waals surface area contributed by atoms with Crippen molar-refractivity contribution in [2.45, 2.75) is 51.5 Å². The van der Waals surface area contributed by atoms with Gasteiger partial charge >= 0.3 is 0 Å². The molecule has 0 saturated heterocycles. The fourth-order valence-electron chi connectivity index (χ4n) is 4.16. The van der Waals surface area contributed by atoms with Crippen molar-refractivity contribution < 1.29 is 14.4 Å². The normalized spacial score (nSPS) is 11.7. The third-order valence-electron chi connectivity index (χ3n) is 6.23. The Morgan fingerprint density at radius 1 is 0.919 bits per heavy atom. The number of anilines is 1. The van der Waals surface area contributed by atoms with Gasteiger partial charge in [0.25, 0.3) is 5.91 Å². The molecule has 0 saturated carbocycles. The number of Topliss-reactive ketones (excluding diaryl/α,β-unsaturated/α-hetero) is 1. The Labute approximate surface area is 215 Å². The zero-order valence-electron chi connectivity index (χ0n) is 20.8. The molecular formula is C28H30N6O3. The van der Waals surface area contributed by atoms with Crippen molar-refractivity contribution in [3.8, 4) is 5.69 Å². The van der Waals surface area contributed by atoms with Crippen LogP contribution in [0.15, 0.2) is 73.1 Å². The molecule has 4 rings (SSSR count). The van der Waals surface area contributed by atoms with E-state index in [2.05, 4.69) is 26.2 Å².